The third-order valence-corrected chi connectivity index (χ3v) is 2.85. The maximum atomic E-state index is 12.0. The molecule has 0 radical (unpaired) electrons. The van der Waals surface area contributed by atoms with E-state index in [0.717, 1.165) is 5.56 Å². The van der Waals surface area contributed by atoms with Gasteiger partial charge in [-0.1, -0.05) is 6.07 Å². The SMILES string of the molecule is COc1ccc(N)cc1CNC(=O)c1cccc(O)c1. The van der Waals surface area contributed by atoms with Crippen molar-refractivity contribution in [3.63, 3.8) is 0 Å². The van der Waals surface area contributed by atoms with Crippen LogP contribution in [-0.2, 0) is 6.54 Å². The second kappa shape index (κ2) is 5.97. The third kappa shape index (κ3) is 3.20. The van der Waals surface area contributed by atoms with E-state index in [0.29, 0.717) is 23.5 Å². The lowest BCUT2D eigenvalue weighted by Gasteiger charge is -2.10. The lowest BCUT2D eigenvalue weighted by atomic mass is 10.1. The highest BCUT2D eigenvalue weighted by Crippen LogP contribution is 2.21. The minimum Gasteiger partial charge on any atom is -0.508 e. The van der Waals surface area contributed by atoms with Crippen LogP contribution in [0.4, 0.5) is 5.69 Å². The molecule has 0 atom stereocenters. The van der Waals surface area contributed by atoms with Crippen LogP contribution in [0.2, 0.25) is 0 Å². The Morgan fingerprint density at radius 3 is 2.80 bits per heavy atom. The number of phenolic OH excluding ortho intramolecular Hbond substituents is 1. The van der Waals surface area contributed by atoms with Gasteiger partial charge in [-0.25, -0.2) is 0 Å². The monoisotopic (exact) mass is 272 g/mol. The Kier molecular flexibility index (Phi) is 4.10. The van der Waals surface area contributed by atoms with Gasteiger partial charge in [0.2, 0.25) is 0 Å². The van der Waals surface area contributed by atoms with Crippen LogP contribution in [0.1, 0.15) is 15.9 Å². The number of anilines is 1. The van der Waals surface area contributed by atoms with E-state index in [4.69, 9.17) is 10.5 Å². The maximum Gasteiger partial charge on any atom is 0.251 e. The van der Waals surface area contributed by atoms with Gasteiger partial charge in [0, 0.05) is 23.4 Å². The molecule has 2 aromatic carbocycles. The number of phenols is 1. The zero-order chi connectivity index (χ0) is 14.5. The molecular formula is C15H16N2O3. The number of carbonyl (C=O) groups is 1. The number of aromatic hydroxyl groups is 1. The van der Waals surface area contributed by atoms with Gasteiger partial charge < -0.3 is 20.9 Å². The first kappa shape index (κ1) is 13.7. The Hall–Kier alpha value is -2.69. The van der Waals surface area contributed by atoms with Crippen LogP contribution < -0.4 is 15.8 Å². The molecule has 0 spiro atoms. The Morgan fingerprint density at radius 2 is 2.10 bits per heavy atom. The predicted molar refractivity (Wildman–Crippen MR) is 76.7 cm³/mol. The van der Waals surface area contributed by atoms with Crippen molar-refractivity contribution < 1.29 is 14.6 Å². The molecule has 20 heavy (non-hydrogen) atoms. The van der Waals surface area contributed by atoms with E-state index in [1.807, 2.05) is 0 Å². The molecule has 0 aliphatic heterocycles. The molecule has 0 aromatic heterocycles. The summed E-state index contributed by atoms with van der Waals surface area (Å²) in [5.41, 5.74) is 7.51. The van der Waals surface area contributed by atoms with Crippen LogP contribution in [0.15, 0.2) is 42.5 Å². The zero-order valence-electron chi connectivity index (χ0n) is 11.1. The summed E-state index contributed by atoms with van der Waals surface area (Å²) in [6, 6.07) is 11.4. The number of carbonyl (C=O) groups excluding carboxylic acids is 1. The number of nitrogens with two attached hydrogens (primary N) is 1. The first-order valence-corrected chi connectivity index (χ1v) is 6.10. The summed E-state index contributed by atoms with van der Waals surface area (Å²) < 4.78 is 5.21. The summed E-state index contributed by atoms with van der Waals surface area (Å²) in [7, 11) is 1.56. The van der Waals surface area contributed by atoms with Crippen molar-refractivity contribution in [1.29, 1.82) is 0 Å². The second-order valence-corrected chi connectivity index (χ2v) is 4.30. The smallest absolute Gasteiger partial charge is 0.251 e. The van der Waals surface area contributed by atoms with E-state index in [-0.39, 0.29) is 11.7 Å². The Bertz CT molecular complexity index is 626. The number of nitrogen functional groups attached to an aromatic ring is 1. The van der Waals surface area contributed by atoms with Crippen LogP contribution in [0, 0.1) is 0 Å². The van der Waals surface area contributed by atoms with Gasteiger partial charge in [-0.15, -0.1) is 0 Å². The minimum absolute atomic E-state index is 0.0548. The highest BCUT2D eigenvalue weighted by atomic mass is 16.5. The van der Waals surface area contributed by atoms with Gasteiger partial charge >= 0.3 is 0 Å². The lowest BCUT2D eigenvalue weighted by Crippen LogP contribution is -2.23. The summed E-state index contributed by atoms with van der Waals surface area (Å²) in [4.78, 5) is 12.0. The average Bonchev–Trinajstić information content (AvgIpc) is 2.45. The number of hydrogen-bond donors (Lipinski definition) is 3. The third-order valence-electron chi connectivity index (χ3n) is 2.85. The van der Waals surface area contributed by atoms with Crippen LogP contribution in [0.3, 0.4) is 0 Å². The molecule has 0 unspecified atom stereocenters. The normalized spacial score (nSPS) is 10.1. The molecule has 104 valence electrons. The summed E-state index contributed by atoms with van der Waals surface area (Å²) in [5, 5.41) is 12.1. The number of benzene rings is 2. The van der Waals surface area contributed by atoms with Crippen molar-refractivity contribution >= 4 is 11.6 Å². The summed E-state index contributed by atoms with van der Waals surface area (Å²) >= 11 is 0. The number of nitrogens with one attached hydrogen (secondary N) is 1. The van der Waals surface area contributed by atoms with E-state index < -0.39 is 0 Å². The minimum atomic E-state index is -0.273. The van der Waals surface area contributed by atoms with Crippen LogP contribution in [0.5, 0.6) is 11.5 Å². The number of hydrogen-bond acceptors (Lipinski definition) is 4. The van der Waals surface area contributed by atoms with Crippen LogP contribution in [-0.4, -0.2) is 18.1 Å². The lowest BCUT2D eigenvalue weighted by molar-refractivity contribution is 0.0950. The van der Waals surface area contributed by atoms with Gasteiger partial charge in [-0.3, -0.25) is 4.79 Å². The van der Waals surface area contributed by atoms with E-state index in [1.165, 1.54) is 12.1 Å². The molecule has 2 rings (SSSR count). The topological polar surface area (TPSA) is 84.6 Å². The van der Waals surface area contributed by atoms with Gasteiger partial charge in [0.1, 0.15) is 11.5 Å². The second-order valence-electron chi connectivity index (χ2n) is 4.30. The van der Waals surface area contributed by atoms with Crippen molar-refractivity contribution in [3.05, 3.63) is 53.6 Å². The molecule has 4 N–H and O–H groups in total. The van der Waals surface area contributed by atoms with E-state index in [1.54, 1.807) is 37.4 Å². The summed E-state index contributed by atoms with van der Waals surface area (Å²) in [6.07, 6.45) is 0. The van der Waals surface area contributed by atoms with E-state index in [2.05, 4.69) is 5.32 Å². The van der Waals surface area contributed by atoms with Crippen molar-refractivity contribution in [3.8, 4) is 11.5 Å². The van der Waals surface area contributed by atoms with Crippen molar-refractivity contribution in [2.45, 2.75) is 6.54 Å². The van der Waals surface area contributed by atoms with Gasteiger partial charge in [0.25, 0.3) is 5.91 Å². The van der Waals surface area contributed by atoms with Gasteiger partial charge in [-0.2, -0.15) is 0 Å². The molecule has 0 aliphatic rings. The van der Waals surface area contributed by atoms with Crippen LogP contribution in [0.25, 0.3) is 0 Å². The molecule has 0 fully saturated rings. The average molecular weight is 272 g/mol. The Labute approximate surface area is 117 Å². The fourth-order valence-electron chi connectivity index (χ4n) is 1.86. The number of amides is 1. The molecular weight excluding hydrogens is 256 g/mol. The van der Waals surface area contributed by atoms with E-state index in [9.17, 15) is 9.90 Å². The standard InChI is InChI=1S/C15H16N2O3/c1-20-14-6-5-12(16)7-11(14)9-17-15(19)10-3-2-4-13(18)8-10/h2-8,18H,9,16H2,1H3,(H,17,19). The number of methoxy groups -OCH3 is 1. The molecule has 0 heterocycles. The quantitative estimate of drug-likeness (QED) is 0.742. The fourth-order valence-corrected chi connectivity index (χ4v) is 1.86. The number of ether oxygens (including phenoxy) is 1. The van der Waals surface area contributed by atoms with Crippen molar-refractivity contribution in [1.82, 2.24) is 5.32 Å². The fraction of sp³-hybridized carbons (Fsp3) is 0.133. The highest BCUT2D eigenvalue weighted by molar-refractivity contribution is 5.94. The summed E-state index contributed by atoms with van der Waals surface area (Å²) in [5.74, 6) is 0.444. The van der Waals surface area contributed by atoms with Crippen molar-refractivity contribution in [2.75, 3.05) is 12.8 Å². The molecule has 0 saturated heterocycles. The molecule has 2 aromatic rings. The summed E-state index contributed by atoms with van der Waals surface area (Å²) in [6.45, 7) is 0.294. The molecule has 0 saturated carbocycles. The zero-order valence-corrected chi connectivity index (χ0v) is 11.1. The molecule has 1 amide bonds. The number of rotatable bonds is 4. The molecule has 5 heteroatoms. The largest absolute Gasteiger partial charge is 0.508 e. The Balaban J connectivity index is 2.09. The van der Waals surface area contributed by atoms with Gasteiger partial charge in [0.15, 0.2) is 0 Å². The van der Waals surface area contributed by atoms with Crippen molar-refractivity contribution in [2.24, 2.45) is 0 Å². The Morgan fingerprint density at radius 1 is 1.30 bits per heavy atom. The van der Waals surface area contributed by atoms with E-state index >= 15 is 0 Å². The first-order valence-electron chi connectivity index (χ1n) is 6.10. The highest BCUT2D eigenvalue weighted by Gasteiger charge is 2.08. The van der Waals surface area contributed by atoms with Gasteiger partial charge in [0.05, 0.1) is 7.11 Å². The molecule has 5 nitrogen and oxygen atoms in total. The molecule has 0 aliphatic carbocycles. The van der Waals surface area contributed by atoms with Gasteiger partial charge in [-0.05, 0) is 36.4 Å². The maximum absolute atomic E-state index is 12.0. The predicted octanol–water partition coefficient (Wildman–Crippen LogP) is 1.91. The first-order chi connectivity index (χ1) is 9.60. The molecule has 0 bridgehead atoms. The van der Waals surface area contributed by atoms with Crippen LogP contribution >= 0.6 is 0 Å².